The van der Waals surface area contributed by atoms with Crippen LogP contribution in [0, 0.1) is 17.8 Å². The van der Waals surface area contributed by atoms with Crippen LogP contribution in [0.3, 0.4) is 0 Å². The van der Waals surface area contributed by atoms with Gasteiger partial charge in [0, 0.05) is 0 Å². The molecular weight excluding hydrogens is 148 g/mol. The van der Waals surface area contributed by atoms with Crippen LogP contribution < -0.4 is 0 Å². The van der Waals surface area contributed by atoms with Crippen molar-refractivity contribution in [3.63, 3.8) is 0 Å². The van der Waals surface area contributed by atoms with Crippen LogP contribution in [-0.2, 0) is 4.74 Å². The smallest absolute Gasteiger partial charge is 0.0614 e. The standard InChI is InChI=1S/C11H20O/c1-4-8-9-5-6-10(12-9)11(8)7(2)3/h7-11H,4-6H2,1-3H3. The van der Waals surface area contributed by atoms with Gasteiger partial charge in [-0.2, -0.15) is 0 Å². The first kappa shape index (κ1) is 8.55. The first-order chi connectivity index (χ1) is 5.74. The molecule has 2 heterocycles. The van der Waals surface area contributed by atoms with E-state index in [1.54, 1.807) is 0 Å². The molecule has 12 heavy (non-hydrogen) atoms. The molecule has 0 aromatic heterocycles. The molecule has 2 aliphatic heterocycles. The third-order valence-electron chi connectivity index (χ3n) is 3.73. The second kappa shape index (κ2) is 3.02. The molecule has 2 aliphatic rings. The summed E-state index contributed by atoms with van der Waals surface area (Å²) in [5.41, 5.74) is 0. The molecule has 4 atom stereocenters. The van der Waals surface area contributed by atoms with Crippen molar-refractivity contribution >= 4 is 0 Å². The van der Waals surface area contributed by atoms with Crippen molar-refractivity contribution in [2.24, 2.45) is 17.8 Å². The van der Waals surface area contributed by atoms with Gasteiger partial charge in [-0.3, -0.25) is 0 Å². The van der Waals surface area contributed by atoms with E-state index in [0.29, 0.717) is 12.2 Å². The number of rotatable bonds is 2. The fourth-order valence-corrected chi connectivity index (χ4v) is 3.27. The SMILES string of the molecule is CCC1C2CCC(O2)C1C(C)C. The molecule has 0 spiro atoms. The maximum atomic E-state index is 5.95. The predicted molar refractivity (Wildman–Crippen MR) is 50.0 cm³/mol. The molecule has 2 bridgehead atoms. The van der Waals surface area contributed by atoms with Gasteiger partial charge >= 0.3 is 0 Å². The molecule has 70 valence electrons. The summed E-state index contributed by atoms with van der Waals surface area (Å²) in [5.74, 6) is 2.53. The van der Waals surface area contributed by atoms with Gasteiger partial charge in [0.25, 0.3) is 0 Å². The lowest BCUT2D eigenvalue weighted by molar-refractivity contribution is 0.0826. The van der Waals surface area contributed by atoms with Crippen LogP contribution in [0.5, 0.6) is 0 Å². The van der Waals surface area contributed by atoms with Gasteiger partial charge in [-0.15, -0.1) is 0 Å². The Balaban J connectivity index is 2.11. The zero-order valence-electron chi connectivity index (χ0n) is 8.42. The van der Waals surface area contributed by atoms with Crippen LogP contribution in [0.4, 0.5) is 0 Å². The quantitative estimate of drug-likeness (QED) is 0.616. The minimum Gasteiger partial charge on any atom is -0.374 e. The van der Waals surface area contributed by atoms with E-state index in [4.69, 9.17) is 4.74 Å². The second-order valence-electron chi connectivity index (χ2n) is 4.68. The molecule has 1 nitrogen and oxygen atoms in total. The minimum absolute atomic E-state index is 0.611. The maximum Gasteiger partial charge on any atom is 0.0614 e. The van der Waals surface area contributed by atoms with E-state index < -0.39 is 0 Å². The summed E-state index contributed by atoms with van der Waals surface area (Å²) in [5, 5.41) is 0. The highest BCUT2D eigenvalue weighted by Crippen LogP contribution is 2.47. The van der Waals surface area contributed by atoms with E-state index in [2.05, 4.69) is 20.8 Å². The van der Waals surface area contributed by atoms with Crippen molar-refractivity contribution in [1.29, 1.82) is 0 Å². The van der Waals surface area contributed by atoms with E-state index >= 15 is 0 Å². The van der Waals surface area contributed by atoms with Crippen LogP contribution in [-0.4, -0.2) is 12.2 Å². The van der Waals surface area contributed by atoms with Crippen LogP contribution in [0.15, 0.2) is 0 Å². The van der Waals surface area contributed by atoms with Gasteiger partial charge in [0.15, 0.2) is 0 Å². The van der Waals surface area contributed by atoms with Crippen LogP contribution >= 0.6 is 0 Å². The molecule has 0 aromatic rings. The fourth-order valence-electron chi connectivity index (χ4n) is 3.27. The third-order valence-corrected chi connectivity index (χ3v) is 3.73. The third kappa shape index (κ3) is 1.10. The topological polar surface area (TPSA) is 9.23 Å². The summed E-state index contributed by atoms with van der Waals surface area (Å²) in [4.78, 5) is 0. The van der Waals surface area contributed by atoms with E-state index in [-0.39, 0.29) is 0 Å². The van der Waals surface area contributed by atoms with Crippen molar-refractivity contribution in [3.05, 3.63) is 0 Å². The Morgan fingerprint density at radius 3 is 2.42 bits per heavy atom. The molecule has 0 amide bonds. The van der Waals surface area contributed by atoms with Crippen molar-refractivity contribution < 1.29 is 4.74 Å². The molecule has 0 aromatic carbocycles. The summed E-state index contributed by atoms with van der Waals surface area (Å²) in [7, 11) is 0. The predicted octanol–water partition coefficient (Wildman–Crippen LogP) is 2.85. The summed E-state index contributed by atoms with van der Waals surface area (Å²) >= 11 is 0. The highest BCUT2D eigenvalue weighted by atomic mass is 16.5. The summed E-state index contributed by atoms with van der Waals surface area (Å²) in [6, 6.07) is 0. The molecule has 0 radical (unpaired) electrons. The van der Waals surface area contributed by atoms with Gasteiger partial charge in [0.1, 0.15) is 0 Å². The average Bonchev–Trinajstić information content (AvgIpc) is 2.60. The lowest BCUT2D eigenvalue weighted by Gasteiger charge is -2.29. The molecule has 4 unspecified atom stereocenters. The minimum atomic E-state index is 0.611. The van der Waals surface area contributed by atoms with Gasteiger partial charge in [-0.05, 0) is 30.6 Å². The van der Waals surface area contributed by atoms with Crippen molar-refractivity contribution in [1.82, 2.24) is 0 Å². The van der Waals surface area contributed by atoms with E-state index in [1.165, 1.54) is 19.3 Å². The first-order valence-corrected chi connectivity index (χ1v) is 5.39. The average molecular weight is 168 g/mol. The Morgan fingerprint density at radius 1 is 1.25 bits per heavy atom. The molecule has 0 saturated carbocycles. The Bertz CT molecular complexity index is 164. The van der Waals surface area contributed by atoms with Gasteiger partial charge in [0.2, 0.25) is 0 Å². The Labute approximate surface area is 75.5 Å². The van der Waals surface area contributed by atoms with Crippen molar-refractivity contribution in [3.8, 4) is 0 Å². The van der Waals surface area contributed by atoms with E-state index in [0.717, 1.165) is 17.8 Å². The van der Waals surface area contributed by atoms with Crippen LogP contribution in [0.2, 0.25) is 0 Å². The zero-order chi connectivity index (χ0) is 8.72. The second-order valence-corrected chi connectivity index (χ2v) is 4.68. The Hall–Kier alpha value is -0.0400. The lowest BCUT2D eigenvalue weighted by Crippen LogP contribution is -2.30. The highest BCUT2D eigenvalue weighted by molar-refractivity contribution is 4.96. The Kier molecular flexibility index (Phi) is 2.16. The van der Waals surface area contributed by atoms with Gasteiger partial charge < -0.3 is 4.74 Å². The van der Waals surface area contributed by atoms with Gasteiger partial charge in [-0.25, -0.2) is 0 Å². The van der Waals surface area contributed by atoms with Crippen molar-refractivity contribution in [2.45, 2.75) is 52.2 Å². The largest absolute Gasteiger partial charge is 0.374 e. The molecule has 0 aliphatic carbocycles. The molecule has 1 heteroatoms. The monoisotopic (exact) mass is 168 g/mol. The lowest BCUT2D eigenvalue weighted by atomic mass is 9.72. The molecular formula is C11H20O. The van der Waals surface area contributed by atoms with Crippen LogP contribution in [0.25, 0.3) is 0 Å². The van der Waals surface area contributed by atoms with Gasteiger partial charge in [-0.1, -0.05) is 27.2 Å². The number of ether oxygens (including phenoxy) is 1. The highest BCUT2D eigenvalue weighted by Gasteiger charge is 2.48. The van der Waals surface area contributed by atoms with Crippen LogP contribution in [0.1, 0.15) is 40.0 Å². The molecule has 2 fully saturated rings. The summed E-state index contributed by atoms with van der Waals surface area (Å²) < 4.78 is 5.95. The number of fused-ring (bicyclic) bond motifs is 2. The summed E-state index contributed by atoms with van der Waals surface area (Å²) in [6.45, 7) is 7.00. The fraction of sp³-hybridized carbons (Fsp3) is 1.00. The molecule has 2 rings (SSSR count). The number of hydrogen-bond donors (Lipinski definition) is 0. The van der Waals surface area contributed by atoms with Gasteiger partial charge in [0.05, 0.1) is 12.2 Å². The summed E-state index contributed by atoms with van der Waals surface area (Å²) in [6.07, 6.45) is 5.19. The van der Waals surface area contributed by atoms with Crippen molar-refractivity contribution in [2.75, 3.05) is 0 Å². The Morgan fingerprint density at radius 2 is 1.92 bits per heavy atom. The number of hydrogen-bond acceptors (Lipinski definition) is 1. The molecule has 0 N–H and O–H groups in total. The maximum absolute atomic E-state index is 5.95. The zero-order valence-corrected chi connectivity index (χ0v) is 8.42. The molecule has 2 saturated heterocycles. The normalized spacial score (nSPS) is 46.0. The first-order valence-electron chi connectivity index (χ1n) is 5.39. The van der Waals surface area contributed by atoms with E-state index in [1.807, 2.05) is 0 Å². The van der Waals surface area contributed by atoms with E-state index in [9.17, 15) is 0 Å².